The molecule has 0 saturated heterocycles. The molecule has 0 aliphatic carbocycles. The molecule has 2 rings (SSSR count). The molecule has 2 aromatic rings. The van der Waals surface area contributed by atoms with Crippen LogP contribution in [0, 0.1) is 3.57 Å². The van der Waals surface area contributed by atoms with Gasteiger partial charge in [-0.05, 0) is 58.8 Å². The summed E-state index contributed by atoms with van der Waals surface area (Å²) in [6, 6.07) is 11.7. The van der Waals surface area contributed by atoms with Crippen molar-refractivity contribution in [2.24, 2.45) is 0 Å². The molecule has 18 heavy (non-hydrogen) atoms. The van der Waals surface area contributed by atoms with Crippen LogP contribution in [-0.4, -0.2) is 11.7 Å². The molecule has 0 aliphatic rings. The highest BCUT2D eigenvalue weighted by Gasteiger charge is 2.00. The maximum Gasteiger partial charge on any atom is 0.263 e. The van der Waals surface area contributed by atoms with Crippen molar-refractivity contribution in [1.29, 1.82) is 0 Å². The van der Waals surface area contributed by atoms with Crippen molar-refractivity contribution in [2.45, 2.75) is 13.0 Å². The lowest BCUT2D eigenvalue weighted by molar-refractivity contribution is 0.414. The van der Waals surface area contributed by atoms with E-state index in [4.69, 9.17) is 4.74 Å². The number of benzene rings is 1. The SMILES string of the molecule is COc1ccc(CCn2cccc(I)c2=O)cc1. The van der Waals surface area contributed by atoms with Crippen LogP contribution >= 0.6 is 22.6 Å². The molecule has 1 aromatic carbocycles. The minimum absolute atomic E-state index is 0.0756. The third kappa shape index (κ3) is 3.13. The Hall–Kier alpha value is -1.30. The standard InChI is InChI=1S/C14H14INO2/c1-18-12-6-4-11(5-7-12)8-10-16-9-2-3-13(15)14(16)17/h2-7,9H,8,10H2,1H3. The van der Waals surface area contributed by atoms with Crippen molar-refractivity contribution in [3.8, 4) is 5.75 Å². The summed E-state index contributed by atoms with van der Waals surface area (Å²) in [5.41, 5.74) is 1.27. The van der Waals surface area contributed by atoms with Crippen LogP contribution in [0.4, 0.5) is 0 Å². The largest absolute Gasteiger partial charge is 0.497 e. The van der Waals surface area contributed by atoms with Crippen molar-refractivity contribution in [1.82, 2.24) is 4.57 Å². The summed E-state index contributed by atoms with van der Waals surface area (Å²) in [7, 11) is 1.65. The molecule has 0 radical (unpaired) electrons. The molecule has 0 bridgehead atoms. The third-order valence-corrected chi connectivity index (χ3v) is 3.60. The Morgan fingerprint density at radius 2 is 1.94 bits per heavy atom. The number of aromatic nitrogens is 1. The minimum atomic E-state index is 0.0756. The average molecular weight is 355 g/mol. The normalized spacial score (nSPS) is 10.3. The Bertz CT molecular complexity index is 575. The fourth-order valence-electron chi connectivity index (χ4n) is 1.73. The molecule has 0 saturated carbocycles. The maximum atomic E-state index is 11.8. The second kappa shape index (κ2) is 6.04. The van der Waals surface area contributed by atoms with E-state index in [9.17, 15) is 4.79 Å². The molecular formula is C14H14INO2. The van der Waals surface area contributed by atoms with Crippen LogP contribution in [0.1, 0.15) is 5.56 Å². The number of halogens is 1. The molecule has 3 nitrogen and oxygen atoms in total. The summed E-state index contributed by atoms with van der Waals surface area (Å²) >= 11 is 2.06. The van der Waals surface area contributed by atoms with Gasteiger partial charge in [-0.15, -0.1) is 0 Å². The third-order valence-electron chi connectivity index (χ3n) is 2.77. The van der Waals surface area contributed by atoms with E-state index < -0.39 is 0 Å². The summed E-state index contributed by atoms with van der Waals surface area (Å²) in [6.45, 7) is 0.696. The highest BCUT2D eigenvalue weighted by atomic mass is 127. The Balaban J connectivity index is 2.07. The molecule has 4 heteroatoms. The topological polar surface area (TPSA) is 31.2 Å². The van der Waals surface area contributed by atoms with Gasteiger partial charge in [0, 0.05) is 12.7 Å². The van der Waals surface area contributed by atoms with Crippen LogP contribution in [-0.2, 0) is 13.0 Å². The van der Waals surface area contributed by atoms with E-state index >= 15 is 0 Å². The monoisotopic (exact) mass is 355 g/mol. The number of ether oxygens (including phenoxy) is 1. The van der Waals surface area contributed by atoms with Crippen molar-refractivity contribution >= 4 is 22.6 Å². The predicted octanol–water partition coefficient (Wildman–Crippen LogP) is 2.70. The van der Waals surface area contributed by atoms with Gasteiger partial charge in [0.1, 0.15) is 5.75 Å². The number of nitrogens with zero attached hydrogens (tertiary/aromatic N) is 1. The Morgan fingerprint density at radius 3 is 2.61 bits per heavy atom. The lowest BCUT2D eigenvalue weighted by Crippen LogP contribution is -2.22. The number of aryl methyl sites for hydroxylation is 2. The van der Waals surface area contributed by atoms with Crippen molar-refractivity contribution in [2.75, 3.05) is 7.11 Å². The minimum Gasteiger partial charge on any atom is -0.497 e. The van der Waals surface area contributed by atoms with E-state index in [2.05, 4.69) is 22.6 Å². The van der Waals surface area contributed by atoms with Gasteiger partial charge < -0.3 is 9.30 Å². The highest BCUT2D eigenvalue weighted by molar-refractivity contribution is 14.1. The number of methoxy groups -OCH3 is 1. The Morgan fingerprint density at radius 1 is 1.22 bits per heavy atom. The average Bonchev–Trinajstić information content (AvgIpc) is 2.41. The maximum absolute atomic E-state index is 11.8. The van der Waals surface area contributed by atoms with E-state index in [0.29, 0.717) is 6.54 Å². The first-order valence-corrected chi connectivity index (χ1v) is 6.76. The fourth-order valence-corrected chi connectivity index (χ4v) is 2.24. The van der Waals surface area contributed by atoms with Gasteiger partial charge in [-0.3, -0.25) is 4.79 Å². The first-order chi connectivity index (χ1) is 8.70. The van der Waals surface area contributed by atoms with E-state index in [-0.39, 0.29) is 5.56 Å². The smallest absolute Gasteiger partial charge is 0.263 e. The molecular weight excluding hydrogens is 341 g/mol. The van der Waals surface area contributed by atoms with Gasteiger partial charge in [-0.2, -0.15) is 0 Å². The summed E-state index contributed by atoms with van der Waals surface area (Å²) in [4.78, 5) is 11.8. The zero-order chi connectivity index (χ0) is 13.0. The fraction of sp³-hybridized carbons (Fsp3) is 0.214. The summed E-state index contributed by atoms with van der Waals surface area (Å²) in [5.74, 6) is 0.852. The molecule has 0 amide bonds. The first kappa shape index (κ1) is 13.1. The molecule has 0 aliphatic heterocycles. The molecule has 0 unspecified atom stereocenters. The molecule has 1 heterocycles. The summed E-state index contributed by atoms with van der Waals surface area (Å²) in [5, 5.41) is 0. The quantitative estimate of drug-likeness (QED) is 0.790. The van der Waals surface area contributed by atoms with Gasteiger partial charge >= 0.3 is 0 Å². The van der Waals surface area contributed by atoms with Gasteiger partial charge in [0.15, 0.2) is 0 Å². The summed E-state index contributed by atoms with van der Waals surface area (Å²) < 4.78 is 7.61. The van der Waals surface area contributed by atoms with Gasteiger partial charge in [0.05, 0.1) is 10.7 Å². The zero-order valence-corrected chi connectivity index (χ0v) is 12.3. The van der Waals surface area contributed by atoms with E-state index in [0.717, 1.165) is 15.7 Å². The lowest BCUT2D eigenvalue weighted by Gasteiger charge is -2.06. The second-order valence-electron chi connectivity index (χ2n) is 3.95. The number of rotatable bonds is 4. The van der Waals surface area contributed by atoms with Crippen molar-refractivity contribution < 1.29 is 4.74 Å². The molecule has 0 atom stereocenters. The molecule has 0 N–H and O–H groups in total. The van der Waals surface area contributed by atoms with E-state index in [1.54, 1.807) is 11.7 Å². The number of hydrogen-bond acceptors (Lipinski definition) is 2. The summed E-state index contributed by atoms with van der Waals surface area (Å²) in [6.07, 6.45) is 2.66. The van der Waals surface area contributed by atoms with Crippen LogP contribution in [0.15, 0.2) is 47.4 Å². The van der Waals surface area contributed by atoms with E-state index in [1.165, 1.54) is 5.56 Å². The van der Waals surface area contributed by atoms with Crippen molar-refractivity contribution in [3.05, 3.63) is 62.1 Å². The van der Waals surface area contributed by atoms with Crippen LogP contribution in [0.2, 0.25) is 0 Å². The van der Waals surface area contributed by atoms with Gasteiger partial charge in [0.25, 0.3) is 5.56 Å². The van der Waals surface area contributed by atoms with Crippen LogP contribution in [0.25, 0.3) is 0 Å². The zero-order valence-electron chi connectivity index (χ0n) is 10.1. The number of pyridine rings is 1. The van der Waals surface area contributed by atoms with Gasteiger partial charge in [-0.25, -0.2) is 0 Å². The Kier molecular flexibility index (Phi) is 4.41. The van der Waals surface area contributed by atoms with Crippen LogP contribution in [0.5, 0.6) is 5.75 Å². The number of hydrogen-bond donors (Lipinski definition) is 0. The second-order valence-corrected chi connectivity index (χ2v) is 5.11. The van der Waals surface area contributed by atoms with Crippen LogP contribution < -0.4 is 10.3 Å². The highest BCUT2D eigenvalue weighted by Crippen LogP contribution is 2.12. The lowest BCUT2D eigenvalue weighted by atomic mass is 10.1. The van der Waals surface area contributed by atoms with E-state index in [1.807, 2.05) is 42.6 Å². The molecule has 94 valence electrons. The van der Waals surface area contributed by atoms with Crippen LogP contribution in [0.3, 0.4) is 0 Å². The molecule has 0 fully saturated rings. The molecule has 1 aromatic heterocycles. The van der Waals surface area contributed by atoms with Gasteiger partial charge in [-0.1, -0.05) is 12.1 Å². The Labute approximate surface area is 120 Å². The van der Waals surface area contributed by atoms with Gasteiger partial charge in [0.2, 0.25) is 0 Å². The molecule has 0 spiro atoms. The first-order valence-electron chi connectivity index (χ1n) is 5.68. The van der Waals surface area contributed by atoms with Crippen molar-refractivity contribution in [3.63, 3.8) is 0 Å². The predicted molar refractivity (Wildman–Crippen MR) is 80.1 cm³/mol.